The van der Waals surface area contributed by atoms with Gasteiger partial charge in [0.25, 0.3) is 0 Å². The van der Waals surface area contributed by atoms with E-state index in [1.165, 1.54) is 0 Å². The van der Waals surface area contributed by atoms with E-state index < -0.39 is 21.7 Å². The van der Waals surface area contributed by atoms with Gasteiger partial charge in [0.15, 0.2) is 0 Å². The van der Waals surface area contributed by atoms with Gasteiger partial charge in [0.05, 0.1) is 6.10 Å². The highest BCUT2D eigenvalue weighted by Gasteiger charge is 2.49. The van der Waals surface area contributed by atoms with Crippen LogP contribution < -0.4 is 0 Å². The van der Waals surface area contributed by atoms with Crippen LogP contribution in [0.25, 0.3) is 0 Å². The zero-order valence-electron chi connectivity index (χ0n) is 9.70. The van der Waals surface area contributed by atoms with Crippen molar-refractivity contribution >= 4 is 10.1 Å². The van der Waals surface area contributed by atoms with Crippen LogP contribution in [-0.2, 0) is 14.3 Å². The van der Waals surface area contributed by atoms with E-state index in [4.69, 9.17) is 0 Å². The van der Waals surface area contributed by atoms with Gasteiger partial charge in [-0.2, -0.15) is 21.6 Å². The largest absolute Gasteiger partial charge is 0.523 e. The summed E-state index contributed by atoms with van der Waals surface area (Å²) in [6.07, 6.45) is 0.265. The summed E-state index contributed by atoms with van der Waals surface area (Å²) in [4.78, 5) is 1.93. The zero-order valence-corrected chi connectivity index (χ0v) is 10.5. The van der Waals surface area contributed by atoms with Crippen molar-refractivity contribution in [1.29, 1.82) is 0 Å². The van der Waals surface area contributed by atoms with E-state index in [-0.39, 0.29) is 12.6 Å². The molecule has 102 valence electrons. The predicted molar refractivity (Wildman–Crippen MR) is 55.8 cm³/mol. The van der Waals surface area contributed by atoms with E-state index in [0.29, 0.717) is 6.42 Å². The summed E-state index contributed by atoms with van der Waals surface area (Å²) in [5, 5.41) is 0. The number of rotatable bonds is 4. The first-order valence-corrected chi connectivity index (χ1v) is 6.81. The molecule has 0 N–H and O–H groups in total. The van der Waals surface area contributed by atoms with Gasteiger partial charge in [-0.1, -0.05) is 6.92 Å². The molecule has 1 heterocycles. The van der Waals surface area contributed by atoms with E-state index in [9.17, 15) is 21.6 Å². The molecular weight excluding hydrogens is 259 g/mol. The lowest BCUT2D eigenvalue weighted by Crippen LogP contribution is -2.32. The second-order valence-corrected chi connectivity index (χ2v) is 5.76. The van der Waals surface area contributed by atoms with Crippen molar-refractivity contribution in [3.8, 4) is 0 Å². The first kappa shape index (κ1) is 14.7. The highest BCUT2D eigenvalue weighted by Crippen LogP contribution is 2.29. The van der Waals surface area contributed by atoms with Gasteiger partial charge < -0.3 is 0 Å². The molecule has 1 saturated heterocycles. The fourth-order valence-corrected chi connectivity index (χ4v) is 2.55. The minimum absolute atomic E-state index is 0.0448. The van der Waals surface area contributed by atoms with Crippen molar-refractivity contribution in [2.45, 2.75) is 44.3 Å². The van der Waals surface area contributed by atoms with E-state index >= 15 is 0 Å². The molecule has 1 rings (SSSR count). The van der Waals surface area contributed by atoms with Crippen LogP contribution in [0.4, 0.5) is 13.2 Å². The maximum absolute atomic E-state index is 12.1. The summed E-state index contributed by atoms with van der Waals surface area (Å²) in [6.45, 7) is 4.75. The molecule has 8 heteroatoms. The quantitative estimate of drug-likeness (QED) is 0.579. The Labute approximate surface area is 98.9 Å². The lowest BCUT2D eigenvalue weighted by atomic mass is 10.2. The van der Waals surface area contributed by atoms with Gasteiger partial charge in [-0.3, -0.25) is 9.08 Å². The first-order valence-electron chi connectivity index (χ1n) is 5.41. The lowest BCUT2D eigenvalue weighted by molar-refractivity contribution is -0.0570. The van der Waals surface area contributed by atoms with Crippen LogP contribution in [-0.4, -0.2) is 44.1 Å². The van der Waals surface area contributed by atoms with Crippen LogP contribution in [0.2, 0.25) is 0 Å². The van der Waals surface area contributed by atoms with Gasteiger partial charge in [0.2, 0.25) is 0 Å². The minimum atomic E-state index is -5.47. The highest BCUT2D eigenvalue weighted by atomic mass is 32.2. The smallest absolute Gasteiger partial charge is 0.298 e. The Balaban J connectivity index is 2.62. The summed E-state index contributed by atoms with van der Waals surface area (Å²) >= 11 is 0. The fourth-order valence-electron chi connectivity index (χ4n) is 1.95. The van der Waals surface area contributed by atoms with Crippen molar-refractivity contribution in [1.82, 2.24) is 4.90 Å². The number of alkyl halides is 3. The molecule has 0 spiro atoms. The molecule has 0 bridgehead atoms. The van der Waals surface area contributed by atoms with E-state index in [2.05, 4.69) is 4.18 Å². The molecule has 0 aromatic carbocycles. The monoisotopic (exact) mass is 275 g/mol. The second kappa shape index (κ2) is 5.11. The normalized spacial score (nSPS) is 27.6. The van der Waals surface area contributed by atoms with Crippen molar-refractivity contribution in [2.75, 3.05) is 13.1 Å². The first-order chi connectivity index (χ1) is 7.67. The Kier molecular flexibility index (Phi) is 4.43. The average Bonchev–Trinajstić information content (AvgIpc) is 2.44. The average molecular weight is 275 g/mol. The Morgan fingerprint density at radius 1 is 1.41 bits per heavy atom. The van der Waals surface area contributed by atoms with Crippen molar-refractivity contribution in [3.05, 3.63) is 0 Å². The fraction of sp³-hybridized carbons (Fsp3) is 1.00. The van der Waals surface area contributed by atoms with Crippen LogP contribution >= 0.6 is 0 Å². The van der Waals surface area contributed by atoms with Crippen LogP contribution in [0.3, 0.4) is 0 Å². The molecule has 2 unspecified atom stereocenters. The summed E-state index contributed by atoms with van der Waals surface area (Å²) in [7, 11) is -5.47. The van der Waals surface area contributed by atoms with Gasteiger partial charge in [0, 0.05) is 12.6 Å². The van der Waals surface area contributed by atoms with Crippen molar-refractivity contribution < 1.29 is 25.8 Å². The zero-order chi connectivity index (χ0) is 13.3. The van der Waals surface area contributed by atoms with E-state index in [0.717, 1.165) is 13.0 Å². The number of hydrogen-bond acceptors (Lipinski definition) is 4. The molecule has 4 nitrogen and oxygen atoms in total. The maximum atomic E-state index is 12.1. The van der Waals surface area contributed by atoms with E-state index in [1.807, 2.05) is 18.7 Å². The molecule has 1 aliphatic rings. The third-order valence-corrected chi connectivity index (χ3v) is 3.82. The molecule has 0 saturated carbocycles. The van der Waals surface area contributed by atoms with Gasteiger partial charge in [0.1, 0.15) is 0 Å². The molecule has 0 aromatic rings. The standard InChI is InChI=1S/C9H16F3NO3S/c1-3-4-13-6-8(5-7(13)2)16-17(14,15)9(10,11)12/h7-8H,3-6H2,1-2H3. The molecule has 1 fully saturated rings. The summed E-state index contributed by atoms with van der Waals surface area (Å²) in [6, 6.07) is 0.0448. The van der Waals surface area contributed by atoms with Gasteiger partial charge >= 0.3 is 15.6 Å². The van der Waals surface area contributed by atoms with Gasteiger partial charge in [-0.25, -0.2) is 0 Å². The lowest BCUT2D eigenvalue weighted by Gasteiger charge is -2.19. The summed E-state index contributed by atoms with van der Waals surface area (Å²) in [5.41, 5.74) is -5.34. The van der Waals surface area contributed by atoms with Crippen LogP contribution in [0, 0.1) is 0 Å². The Bertz CT molecular complexity index is 355. The van der Waals surface area contributed by atoms with Gasteiger partial charge in [-0.15, -0.1) is 0 Å². The molecule has 2 atom stereocenters. The third-order valence-electron chi connectivity index (χ3n) is 2.72. The summed E-state index contributed by atoms with van der Waals surface area (Å²) < 4.78 is 62.2. The number of halogens is 3. The van der Waals surface area contributed by atoms with Crippen LogP contribution in [0.5, 0.6) is 0 Å². The second-order valence-electron chi connectivity index (χ2n) is 4.20. The topological polar surface area (TPSA) is 46.6 Å². The van der Waals surface area contributed by atoms with Crippen LogP contribution in [0.1, 0.15) is 26.7 Å². The maximum Gasteiger partial charge on any atom is 0.523 e. The molecule has 1 aliphatic heterocycles. The molecule has 0 aromatic heterocycles. The van der Waals surface area contributed by atoms with Crippen molar-refractivity contribution in [3.63, 3.8) is 0 Å². The molecule has 0 aliphatic carbocycles. The van der Waals surface area contributed by atoms with E-state index in [1.54, 1.807) is 0 Å². The third kappa shape index (κ3) is 3.56. The minimum Gasteiger partial charge on any atom is -0.298 e. The summed E-state index contributed by atoms with van der Waals surface area (Å²) in [5.74, 6) is 0. The highest BCUT2D eigenvalue weighted by molar-refractivity contribution is 7.87. The Morgan fingerprint density at radius 3 is 2.47 bits per heavy atom. The van der Waals surface area contributed by atoms with Crippen molar-refractivity contribution in [2.24, 2.45) is 0 Å². The molecule has 0 radical (unpaired) electrons. The molecule has 17 heavy (non-hydrogen) atoms. The Hall–Kier alpha value is -0.340. The number of nitrogens with zero attached hydrogens (tertiary/aromatic N) is 1. The molecule has 0 amide bonds. The predicted octanol–water partition coefficient (Wildman–Crippen LogP) is 1.73. The SMILES string of the molecule is CCCN1CC(OS(=O)(=O)C(F)(F)F)CC1C. The van der Waals surface area contributed by atoms with Crippen LogP contribution in [0.15, 0.2) is 0 Å². The Morgan fingerprint density at radius 2 is 2.00 bits per heavy atom. The van der Waals surface area contributed by atoms with Gasteiger partial charge in [-0.05, 0) is 26.3 Å². The number of hydrogen-bond donors (Lipinski definition) is 0. The molecular formula is C9H16F3NO3S. The number of likely N-dealkylation sites (tertiary alicyclic amines) is 1.